The minimum absolute atomic E-state index is 0.607. The average Bonchev–Trinajstić information content (AvgIpc) is 3.74. The van der Waals surface area contributed by atoms with E-state index < -0.39 is 78.7 Å². The molecule has 25 heteroatoms. The van der Waals surface area contributed by atoms with E-state index in [0.717, 1.165) is 91.6 Å². The number of hydrogen-bond acceptors (Lipinski definition) is 18. The second kappa shape index (κ2) is 41.5. The van der Waals surface area contributed by atoms with Gasteiger partial charge in [-0.05, 0) is 44.9 Å². The molecule has 3 heterocycles. The summed E-state index contributed by atoms with van der Waals surface area (Å²) in [5.41, 5.74) is 0. The summed E-state index contributed by atoms with van der Waals surface area (Å²) in [7, 11) is -0.380. The van der Waals surface area contributed by atoms with Crippen molar-refractivity contribution in [1.82, 2.24) is 0 Å². The van der Waals surface area contributed by atoms with Gasteiger partial charge in [0.1, 0.15) is 0 Å². The highest BCUT2D eigenvalue weighted by molar-refractivity contribution is 7.95. The van der Waals surface area contributed by atoms with Crippen LogP contribution in [0.1, 0.15) is 92.4 Å². The lowest BCUT2D eigenvalue weighted by Gasteiger charge is -2.14. The van der Waals surface area contributed by atoms with Gasteiger partial charge in [0.2, 0.25) is 0 Å². The first-order valence-electron chi connectivity index (χ1n) is 21.8. The van der Waals surface area contributed by atoms with Crippen molar-refractivity contribution in [2.45, 2.75) is 92.4 Å². The highest BCUT2D eigenvalue weighted by Gasteiger charge is 2.14. The van der Waals surface area contributed by atoms with E-state index in [1.54, 1.807) is 68.1 Å². The van der Waals surface area contributed by atoms with Gasteiger partial charge < -0.3 is 13.3 Å². The zero-order chi connectivity index (χ0) is 51.0. The van der Waals surface area contributed by atoms with Crippen LogP contribution in [0.15, 0.2) is 34.9 Å². The molecule has 64 heavy (non-hydrogen) atoms. The fourth-order valence-electron chi connectivity index (χ4n) is 4.71. The molecule has 0 aromatic heterocycles. The highest BCUT2D eigenvalue weighted by atomic mass is 32.2. The van der Waals surface area contributed by atoms with Crippen molar-refractivity contribution in [2.75, 3.05) is 158 Å². The van der Waals surface area contributed by atoms with Crippen LogP contribution >= 0.6 is 0 Å². The van der Waals surface area contributed by atoms with Gasteiger partial charge in [-0.1, -0.05) is 47.5 Å². The van der Waals surface area contributed by atoms with E-state index in [1.807, 2.05) is 27.7 Å². The molecule has 0 radical (unpaired) electrons. The van der Waals surface area contributed by atoms with Gasteiger partial charge in [-0.3, -0.25) is 8.42 Å². The fraction of sp³-hybridized carbons (Fsp3) is 1.00. The van der Waals surface area contributed by atoms with Gasteiger partial charge in [0.25, 0.3) is 0 Å². The summed E-state index contributed by atoms with van der Waals surface area (Å²) >= 11 is 0. The third kappa shape index (κ3) is 45.3. The van der Waals surface area contributed by atoms with E-state index >= 15 is 0 Å². The van der Waals surface area contributed by atoms with Gasteiger partial charge >= 0.3 is 0 Å². The van der Waals surface area contributed by atoms with Gasteiger partial charge in [0.15, 0.2) is 0 Å². The Morgan fingerprint density at radius 2 is 0.828 bits per heavy atom. The highest BCUT2D eigenvalue weighted by Crippen LogP contribution is 2.13. The van der Waals surface area contributed by atoms with Crippen molar-refractivity contribution in [1.29, 1.82) is 0 Å². The molecule has 3 aliphatic rings. The predicted octanol–water partition coefficient (Wildman–Crippen LogP) is 7.54. The van der Waals surface area contributed by atoms with Crippen molar-refractivity contribution in [3.8, 4) is 0 Å². The molecule has 0 aromatic carbocycles. The Morgan fingerprint density at radius 1 is 0.500 bits per heavy atom. The van der Waals surface area contributed by atoms with E-state index in [1.165, 1.54) is 19.7 Å². The van der Waals surface area contributed by atoms with E-state index in [4.69, 9.17) is 4.74 Å². The summed E-state index contributed by atoms with van der Waals surface area (Å²) in [6, 6.07) is 0. The fourth-order valence-corrected chi connectivity index (χ4v) is 13.6. The molecule has 0 bridgehead atoms. The molecule has 3 rings (SSSR count). The van der Waals surface area contributed by atoms with Gasteiger partial charge in [-0.15, -0.1) is 6.26 Å². The minimum atomic E-state index is -1.83. The van der Waals surface area contributed by atoms with Crippen LogP contribution in [-0.4, -0.2) is 187 Å². The first-order valence-corrected chi connectivity index (χ1v) is 37.0. The van der Waals surface area contributed by atoms with Gasteiger partial charge in [-0.2, -0.15) is 10.6 Å². The first kappa shape index (κ1) is 72.5. The van der Waals surface area contributed by atoms with Crippen LogP contribution in [0.3, 0.4) is 0 Å². The van der Waals surface area contributed by atoms with Crippen LogP contribution in [-0.2, 0) is 87.6 Å². The first-order chi connectivity index (χ1) is 29.6. The number of rotatable bonds is 9. The zero-order valence-electron chi connectivity index (χ0n) is 43.1. The van der Waals surface area contributed by atoms with Crippen molar-refractivity contribution in [3.63, 3.8) is 0 Å². The molecular weight excluding hydrogens is 981 g/mol. The van der Waals surface area contributed by atoms with Crippen molar-refractivity contribution < 1.29 is 38.4 Å². The molecule has 0 spiro atoms. The van der Waals surface area contributed by atoms with Gasteiger partial charge in [0, 0.05) is 185 Å². The summed E-state index contributed by atoms with van der Waals surface area (Å²) < 4.78 is 123. The number of nitrogens with zero attached hydrogens (tertiary/aromatic N) is 8. The molecule has 3 aliphatic heterocycles. The number of ether oxygens (including phenoxy) is 1. The van der Waals surface area contributed by atoms with E-state index in [-0.39, 0.29) is 0 Å². The van der Waals surface area contributed by atoms with Crippen LogP contribution in [0.25, 0.3) is 0 Å². The Hall–Kier alpha value is -0.440. The zero-order valence-corrected chi connectivity index (χ0v) is 49.6. The van der Waals surface area contributed by atoms with Crippen LogP contribution in [0, 0.1) is 0 Å². The number of hydrogen-bond donors (Lipinski definition) is 0. The van der Waals surface area contributed by atoms with E-state index in [2.05, 4.69) is 41.8 Å². The van der Waals surface area contributed by atoms with Crippen LogP contribution in [0.2, 0.25) is 0 Å². The standard InChI is InChI=1S/C7H17NOS.C6H13NOS.C6H15NOS.C5H11NO2S.C5H11NOS.C5H13NOS.C3H9NOS.C2H6NOS/c1-4-6-10(9,8-3)7-5-2;1-7-9(8)5-3-2-4-6-9;1-4-5-6-9(3,8)7-2;1-6-9(7)4-2-8-3-5-9;1-6-8(7)4-2-3-5-8;1-4-8(7,5-2)6-3;1-4-6(2,3)5;1-3-5(2)4/h4-7H2,1-3H3;2-6H2,1H3;4-6H2,1-3H3;2-5H2,1H3;2-5H2,1H3;4-5H2,1-3H3;1-3H3;1-2H3/q;;;;;;;-1. The molecule has 394 valence electrons. The Labute approximate surface area is 399 Å². The lowest BCUT2D eigenvalue weighted by molar-refractivity contribution is 0.158. The molecule has 0 saturated carbocycles. The largest absolute Gasteiger partial charge is 0.445 e. The van der Waals surface area contributed by atoms with E-state index in [9.17, 15) is 33.7 Å². The average molecular weight is 1080 g/mol. The quantitative estimate of drug-likeness (QED) is 0.207. The molecule has 3 fully saturated rings. The molecule has 0 amide bonds. The SMILES string of the molecule is CCCCS(C)(=O)=NC.CCCS(=O)(CCC)=NC.CCS(=O)(CC)=NC.CN=S(C)(C)=O.CN=S1(=O)CCCC1.CN=S1(=O)CCCCC1.CN=S1(=O)CCOCC1.CN=[S-](C)=O. The summed E-state index contributed by atoms with van der Waals surface area (Å²) in [6.45, 7) is 11.2. The summed E-state index contributed by atoms with van der Waals surface area (Å²) in [6.07, 6.45) is 16.2. The Kier molecular flexibility index (Phi) is 47.1. The summed E-state index contributed by atoms with van der Waals surface area (Å²) in [5.74, 6) is 8.21. The molecule has 3 saturated heterocycles. The normalized spacial score (nSPS) is 18.2. The summed E-state index contributed by atoms with van der Waals surface area (Å²) in [4.78, 5) is 0. The second-order valence-corrected chi connectivity index (χ2v) is 35.1. The molecule has 1 unspecified atom stereocenters. The monoisotopic (exact) mass is 1080 g/mol. The topological polar surface area (TPSA) is 245 Å². The molecule has 17 nitrogen and oxygen atoms in total. The number of unbranched alkanes of at least 4 members (excludes halogenated alkanes) is 1. The molecule has 1 atom stereocenters. The smallest absolute Gasteiger partial charge is 0.0590 e. The van der Waals surface area contributed by atoms with Crippen molar-refractivity contribution >= 4 is 78.7 Å². The molecule has 0 aliphatic carbocycles. The lowest BCUT2D eigenvalue weighted by Crippen LogP contribution is -2.25. The van der Waals surface area contributed by atoms with Gasteiger partial charge in [0.05, 0.1) is 34.4 Å². The predicted molar refractivity (Wildman–Crippen MR) is 290 cm³/mol. The Morgan fingerprint density at radius 3 is 1.02 bits per heavy atom. The van der Waals surface area contributed by atoms with Crippen LogP contribution in [0.5, 0.6) is 0 Å². The maximum Gasteiger partial charge on any atom is 0.0590 e. The molecular formula is C39H95N8O9S8-. The van der Waals surface area contributed by atoms with Crippen molar-refractivity contribution in [3.05, 3.63) is 0 Å². The van der Waals surface area contributed by atoms with Crippen LogP contribution < -0.4 is 0 Å². The Bertz CT molecular complexity index is 2070. The second-order valence-electron chi connectivity index (χ2n) is 14.5. The maximum atomic E-state index is 11.6. The Balaban J connectivity index is -0.000000209. The molecule has 0 aromatic rings. The summed E-state index contributed by atoms with van der Waals surface area (Å²) in [5, 5.41) is 0. The van der Waals surface area contributed by atoms with E-state index in [0.29, 0.717) is 36.2 Å². The van der Waals surface area contributed by atoms with Crippen molar-refractivity contribution in [2.24, 2.45) is 34.9 Å². The maximum absolute atomic E-state index is 11.6. The van der Waals surface area contributed by atoms with Gasteiger partial charge in [-0.25, -0.2) is 51.6 Å². The lowest BCUT2D eigenvalue weighted by atomic mass is 10.3. The minimum Gasteiger partial charge on any atom is -0.445 e. The molecule has 0 N–H and O–H groups in total. The third-order valence-corrected chi connectivity index (χ3v) is 25.0. The third-order valence-electron chi connectivity index (χ3n) is 9.27. The van der Waals surface area contributed by atoms with Crippen LogP contribution in [0.4, 0.5) is 0 Å².